The Morgan fingerprint density at radius 2 is 2.25 bits per heavy atom. The third kappa shape index (κ3) is 1.30. The van der Waals surface area contributed by atoms with Gasteiger partial charge < -0.3 is 0 Å². The van der Waals surface area contributed by atoms with Gasteiger partial charge in [0.25, 0.3) is 0 Å². The van der Waals surface area contributed by atoms with Crippen LogP contribution in [0.5, 0.6) is 0 Å². The van der Waals surface area contributed by atoms with Crippen LogP contribution in [0.2, 0.25) is 0 Å². The van der Waals surface area contributed by atoms with Crippen LogP contribution in [0.4, 0.5) is 0 Å². The zero-order chi connectivity index (χ0) is 8.39. The average Bonchev–Trinajstić information content (AvgIpc) is 2.75. The third-order valence-electron chi connectivity index (χ3n) is 1.12. The Morgan fingerprint density at radius 3 is 2.83 bits per heavy atom. The van der Waals surface area contributed by atoms with E-state index in [1.165, 1.54) is 11.3 Å². The van der Waals surface area contributed by atoms with Gasteiger partial charge in [0, 0.05) is 0 Å². The summed E-state index contributed by atoms with van der Waals surface area (Å²) in [6, 6.07) is 0. The van der Waals surface area contributed by atoms with E-state index >= 15 is 0 Å². The van der Waals surface area contributed by atoms with Gasteiger partial charge in [0.05, 0.1) is 0 Å². The number of nitrogens with zero attached hydrogens (tertiary/aromatic N) is 5. The SMILES string of the molecule is CSc1nnc(-c2nn[nH]n2)s1. The van der Waals surface area contributed by atoms with Gasteiger partial charge in [-0.15, -0.1) is 20.4 Å². The zero-order valence-corrected chi connectivity index (χ0v) is 7.69. The Hall–Kier alpha value is -1.02. The van der Waals surface area contributed by atoms with E-state index in [0.717, 1.165) is 4.34 Å². The minimum absolute atomic E-state index is 0.493. The second kappa shape index (κ2) is 3.15. The minimum atomic E-state index is 0.493. The van der Waals surface area contributed by atoms with E-state index in [9.17, 15) is 0 Å². The van der Waals surface area contributed by atoms with Gasteiger partial charge >= 0.3 is 0 Å². The maximum Gasteiger partial charge on any atom is 0.235 e. The van der Waals surface area contributed by atoms with Gasteiger partial charge in [-0.2, -0.15) is 5.21 Å². The molecule has 8 heteroatoms. The molecule has 0 aliphatic heterocycles. The quantitative estimate of drug-likeness (QED) is 0.708. The molecule has 0 spiro atoms. The number of aromatic nitrogens is 6. The van der Waals surface area contributed by atoms with E-state index in [4.69, 9.17) is 0 Å². The van der Waals surface area contributed by atoms with E-state index in [1.807, 2.05) is 6.26 Å². The highest BCUT2D eigenvalue weighted by atomic mass is 32.2. The molecule has 62 valence electrons. The smallest absolute Gasteiger partial charge is 0.177 e. The van der Waals surface area contributed by atoms with Crippen molar-refractivity contribution < 1.29 is 0 Å². The molecule has 1 N–H and O–H groups in total. The summed E-state index contributed by atoms with van der Waals surface area (Å²) in [6.07, 6.45) is 1.94. The highest BCUT2D eigenvalue weighted by Crippen LogP contribution is 2.24. The average molecular weight is 200 g/mol. The summed E-state index contributed by atoms with van der Waals surface area (Å²) < 4.78 is 0.898. The fraction of sp³-hybridized carbons (Fsp3) is 0.250. The van der Waals surface area contributed by atoms with Crippen molar-refractivity contribution in [1.29, 1.82) is 0 Å². The normalized spacial score (nSPS) is 10.4. The first kappa shape index (κ1) is 7.62. The lowest BCUT2D eigenvalue weighted by molar-refractivity contribution is 0.881. The van der Waals surface area contributed by atoms with Crippen molar-refractivity contribution in [3.63, 3.8) is 0 Å². The molecule has 0 atom stereocenters. The van der Waals surface area contributed by atoms with Gasteiger partial charge in [0.1, 0.15) is 0 Å². The first-order chi connectivity index (χ1) is 5.90. The van der Waals surface area contributed by atoms with Gasteiger partial charge in [0.15, 0.2) is 9.35 Å². The highest BCUT2D eigenvalue weighted by Gasteiger charge is 2.08. The molecule has 0 saturated carbocycles. The predicted octanol–water partition coefficient (Wildman–Crippen LogP) is 0.440. The van der Waals surface area contributed by atoms with Gasteiger partial charge in [-0.05, 0) is 11.5 Å². The van der Waals surface area contributed by atoms with Crippen molar-refractivity contribution in [2.75, 3.05) is 6.26 Å². The predicted molar refractivity (Wildman–Crippen MR) is 44.9 cm³/mol. The van der Waals surface area contributed by atoms with Crippen LogP contribution < -0.4 is 0 Å². The summed E-state index contributed by atoms with van der Waals surface area (Å²) in [5.74, 6) is 0.493. The number of thioether (sulfide) groups is 1. The number of rotatable bonds is 2. The van der Waals surface area contributed by atoms with Crippen LogP contribution in [0, 0.1) is 0 Å². The molecule has 0 aliphatic carbocycles. The largest absolute Gasteiger partial charge is 0.235 e. The molecule has 0 unspecified atom stereocenters. The van der Waals surface area contributed by atoms with Crippen LogP contribution in [0.15, 0.2) is 4.34 Å². The van der Waals surface area contributed by atoms with Crippen molar-refractivity contribution >= 4 is 23.1 Å². The van der Waals surface area contributed by atoms with Gasteiger partial charge in [-0.3, -0.25) is 0 Å². The van der Waals surface area contributed by atoms with Crippen molar-refractivity contribution in [1.82, 2.24) is 30.8 Å². The second-order valence-electron chi connectivity index (χ2n) is 1.81. The molecule has 0 saturated heterocycles. The molecular weight excluding hydrogens is 196 g/mol. The molecule has 6 nitrogen and oxygen atoms in total. The van der Waals surface area contributed by atoms with Crippen molar-refractivity contribution in [3.05, 3.63) is 0 Å². The van der Waals surface area contributed by atoms with E-state index in [2.05, 4.69) is 30.8 Å². The molecule has 0 aromatic carbocycles. The molecule has 12 heavy (non-hydrogen) atoms. The Balaban J connectivity index is 2.35. The topological polar surface area (TPSA) is 80.2 Å². The molecule has 0 amide bonds. The number of nitrogens with one attached hydrogen (secondary N) is 1. The van der Waals surface area contributed by atoms with E-state index in [-0.39, 0.29) is 0 Å². The van der Waals surface area contributed by atoms with Gasteiger partial charge in [-0.25, -0.2) is 0 Å². The molecule has 0 fully saturated rings. The summed E-state index contributed by atoms with van der Waals surface area (Å²) in [7, 11) is 0. The summed E-state index contributed by atoms with van der Waals surface area (Å²) in [4.78, 5) is 0. The van der Waals surface area contributed by atoms with Crippen molar-refractivity contribution in [3.8, 4) is 10.8 Å². The standard InChI is InChI=1S/C4H4N6S2/c1-11-4-8-7-3(12-4)2-5-9-10-6-2/h1H3,(H,5,6,9,10). The summed E-state index contributed by atoms with van der Waals surface area (Å²) in [5, 5.41) is 21.8. The second-order valence-corrected chi connectivity index (χ2v) is 3.84. The van der Waals surface area contributed by atoms with Crippen LogP contribution in [0.3, 0.4) is 0 Å². The summed E-state index contributed by atoms with van der Waals surface area (Å²) in [5.41, 5.74) is 0. The van der Waals surface area contributed by atoms with E-state index in [0.29, 0.717) is 10.8 Å². The molecule has 0 bridgehead atoms. The maximum atomic E-state index is 3.90. The first-order valence-electron chi connectivity index (χ1n) is 3.01. The van der Waals surface area contributed by atoms with Crippen LogP contribution in [-0.4, -0.2) is 37.1 Å². The highest BCUT2D eigenvalue weighted by molar-refractivity contribution is 8.00. The fourth-order valence-electron chi connectivity index (χ4n) is 0.635. The molecular formula is C4H4N6S2. The summed E-state index contributed by atoms with van der Waals surface area (Å²) in [6.45, 7) is 0. The Bertz CT molecular complexity index is 353. The third-order valence-corrected chi connectivity index (χ3v) is 3.01. The van der Waals surface area contributed by atoms with Crippen LogP contribution >= 0.6 is 23.1 Å². The molecule has 2 rings (SSSR count). The lowest BCUT2D eigenvalue weighted by Crippen LogP contribution is -1.78. The Labute approximate surface area is 75.8 Å². The van der Waals surface area contributed by atoms with Crippen LogP contribution in [0.25, 0.3) is 10.8 Å². The van der Waals surface area contributed by atoms with E-state index < -0.39 is 0 Å². The van der Waals surface area contributed by atoms with Crippen LogP contribution in [0.1, 0.15) is 0 Å². The first-order valence-corrected chi connectivity index (χ1v) is 5.05. The molecule has 2 heterocycles. The monoisotopic (exact) mass is 200 g/mol. The lowest BCUT2D eigenvalue weighted by atomic mass is 10.7. The molecule has 0 aliphatic rings. The minimum Gasteiger partial charge on any atom is -0.177 e. The number of hydrogen-bond acceptors (Lipinski definition) is 7. The molecule has 0 radical (unpaired) electrons. The summed E-state index contributed by atoms with van der Waals surface area (Å²) >= 11 is 2.99. The van der Waals surface area contributed by atoms with Crippen molar-refractivity contribution in [2.45, 2.75) is 4.34 Å². The van der Waals surface area contributed by atoms with Crippen LogP contribution in [-0.2, 0) is 0 Å². The van der Waals surface area contributed by atoms with Gasteiger partial charge in [-0.1, -0.05) is 23.1 Å². The maximum absolute atomic E-state index is 3.90. The number of tetrazole rings is 1. The number of H-pyrrole nitrogens is 1. The van der Waals surface area contributed by atoms with Crippen molar-refractivity contribution in [2.24, 2.45) is 0 Å². The van der Waals surface area contributed by atoms with Gasteiger partial charge in [0.2, 0.25) is 5.82 Å². The zero-order valence-electron chi connectivity index (χ0n) is 6.05. The Kier molecular flexibility index (Phi) is 2.00. The lowest BCUT2D eigenvalue weighted by Gasteiger charge is -1.78. The molecule has 2 aromatic heterocycles. The number of aromatic amines is 1. The van der Waals surface area contributed by atoms with E-state index in [1.54, 1.807) is 11.8 Å². The molecule has 2 aromatic rings. The number of hydrogen-bond donors (Lipinski definition) is 1. The Morgan fingerprint density at radius 1 is 1.33 bits per heavy atom. The fourth-order valence-corrected chi connectivity index (χ4v) is 1.83.